The summed E-state index contributed by atoms with van der Waals surface area (Å²) in [4.78, 5) is 19.9. The Labute approximate surface area is 143 Å². The number of hydrogen-bond acceptors (Lipinski definition) is 3. The molecule has 132 valence electrons. The van der Waals surface area contributed by atoms with Gasteiger partial charge in [0.05, 0.1) is 0 Å². The molecule has 5 nitrogen and oxygen atoms in total. The molecule has 0 atom stereocenters. The topological polar surface area (TPSA) is 94.8 Å². The summed E-state index contributed by atoms with van der Waals surface area (Å²) in [6, 6.07) is 10.0. The molecule has 0 aliphatic heterocycles. The first-order valence-corrected chi connectivity index (χ1v) is 7.34. The molecule has 1 aromatic carbocycles. The average Bonchev–Trinajstić information content (AvgIpc) is 2.60. The predicted octanol–water partition coefficient (Wildman–Crippen LogP) is 3.77. The Kier molecular flexibility index (Phi) is 15.0. The first-order chi connectivity index (χ1) is 11.3. The lowest BCUT2D eigenvalue weighted by molar-refractivity contribution is -0.133. The van der Waals surface area contributed by atoms with E-state index in [1.165, 1.54) is 18.6 Å². The number of aliphatic hydroxyl groups is 1. The van der Waals surface area contributed by atoms with Gasteiger partial charge in [0.25, 0.3) is 0 Å². The first-order valence-electron chi connectivity index (χ1n) is 7.34. The van der Waals surface area contributed by atoms with Crippen molar-refractivity contribution >= 4 is 18.0 Å². The van der Waals surface area contributed by atoms with Gasteiger partial charge in [-0.2, -0.15) is 0 Å². The monoisotopic (exact) mass is 334 g/mol. The van der Waals surface area contributed by atoms with Crippen LogP contribution in [-0.2, 0) is 9.59 Å². The molecule has 0 fully saturated rings. The summed E-state index contributed by atoms with van der Waals surface area (Å²) in [6.45, 7) is 8.39. The highest BCUT2D eigenvalue weighted by atomic mass is 16.4. The zero-order chi connectivity index (χ0) is 19.0. The van der Waals surface area contributed by atoms with Crippen LogP contribution in [0.25, 0.3) is 6.08 Å². The maximum absolute atomic E-state index is 10.1. The molecule has 0 spiro atoms. The molecule has 0 aromatic heterocycles. The van der Waals surface area contributed by atoms with E-state index in [0.717, 1.165) is 0 Å². The van der Waals surface area contributed by atoms with Gasteiger partial charge in [0, 0.05) is 17.8 Å². The van der Waals surface area contributed by atoms with Gasteiger partial charge in [-0.1, -0.05) is 55.1 Å². The van der Waals surface area contributed by atoms with Crippen LogP contribution in [0.3, 0.4) is 0 Å². The molecule has 5 heteroatoms. The quantitative estimate of drug-likeness (QED) is 0.713. The number of carbonyl (C=O) groups is 2. The Morgan fingerprint density at radius 3 is 1.79 bits per heavy atom. The van der Waals surface area contributed by atoms with Crippen molar-refractivity contribution in [2.45, 2.75) is 27.2 Å². The van der Waals surface area contributed by atoms with Gasteiger partial charge in [-0.15, -0.1) is 0 Å². The van der Waals surface area contributed by atoms with E-state index in [1.54, 1.807) is 19.9 Å². The van der Waals surface area contributed by atoms with Crippen molar-refractivity contribution in [1.82, 2.24) is 0 Å². The van der Waals surface area contributed by atoms with Crippen molar-refractivity contribution in [2.75, 3.05) is 6.61 Å². The van der Waals surface area contributed by atoms with Crippen molar-refractivity contribution in [3.8, 4) is 0 Å². The molecule has 0 aliphatic carbocycles. The summed E-state index contributed by atoms with van der Waals surface area (Å²) < 4.78 is 0. The Balaban J connectivity index is 0. The van der Waals surface area contributed by atoms with Gasteiger partial charge in [0.1, 0.15) is 0 Å². The minimum atomic E-state index is -0.927. The number of aliphatic carboxylic acids is 2. The van der Waals surface area contributed by atoms with Gasteiger partial charge in [0.2, 0.25) is 0 Å². The second-order valence-corrected chi connectivity index (χ2v) is 4.60. The number of allylic oxidation sites excluding steroid dienone is 1. The summed E-state index contributed by atoms with van der Waals surface area (Å²) in [5.74, 6) is -1.77. The van der Waals surface area contributed by atoms with E-state index in [0.29, 0.717) is 12.0 Å². The molecule has 0 unspecified atom stereocenters. The number of aliphatic hydroxyl groups excluding tert-OH is 1. The summed E-state index contributed by atoms with van der Waals surface area (Å²) in [6.07, 6.45) is 5.29. The Morgan fingerprint density at radius 1 is 1.04 bits per heavy atom. The minimum absolute atomic E-state index is 0.00458. The first kappa shape index (κ1) is 23.6. The fourth-order valence-electron chi connectivity index (χ4n) is 1.08. The smallest absolute Gasteiger partial charge is 0.330 e. The van der Waals surface area contributed by atoms with Crippen LogP contribution in [0.15, 0.2) is 60.2 Å². The van der Waals surface area contributed by atoms with E-state index >= 15 is 0 Å². The van der Waals surface area contributed by atoms with Crippen molar-refractivity contribution in [2.24, 2.45) is 0 Å². The molecule has 0 aliphatic rings. The number of benzene rings is 1. The second-order valence-electron chi connectivity index (χ2n) is 4.60. The lowest BCUT2D eigenvalue weighted by Crippen LogP contribution is -1.95. The van der Waals surface area contributed by atoms with Crippen molar-refractivity contribution < 1.29 is 24.9 Å². The lowest BCUT2D eigenvalue weighted by atomic mass is 10.2. The largest absolute Gasteiger partial charge is 0.478 e. The van der Waals surface area contributed by atoms with Crippen LogP contribution in [0, 0.1) is 0 Å². The number of carboxylic acids is 2. The maximum atomic E-state index is 10.1. The van der Waals surface area contributed by atoms with Crippen LogP contribution < -0.4 is 0 Å². The lowest BCUT2D eigenvalue weighted by Gasteiger charge is -1.89. The molecule has 0 heterocycles. The fourth-order valence-corrected chi connectivity index (χ4v) is 1.08. The molecule has 3 N–H and O–H groups in total. The zero-order valence-corrected chi connectivity index (χ0v) is 14.4. The van der Waals surface area contributed by atoms with Gasteiger partial charge < -0.3 is 15.3 Å². The summed E-state index contributed by atoms with van der Waals surface area (Å²) in [7, 11) is 0. The van der Waals surface area contributed by atoms with E-state index in [1.807, 2.05) is 36.4 Å². The van der Waals surface area contributed by atoms with E-state index in [2.05, 4.69) is 6.58 Å². The highest BCUT2D eigenvalue weighted by Crippen LogP contribution is 1.97. The average molecular weight is 334 g/mol. The third-order valence-corrected chi connectivity index (χ3v) is 2.72. The predicted molar refractivity (Wildman–Crippen MR) is 96.7 cm³/mol. The molecule has 0 bridgehead atoms. The standard InChI is InChI=1S/C8H8.C6H10O3.C5H8O2/c1-2-8-6-4-3-5-7-8;1-5(6(8)9)3-2-4-7;1-3-4(2)5(6)7/h2-7H,1H2;3,7H,2,4H2,1H3,(H,8,9);3H,1-2H3,(H,6,7). The Morgan fingerprint density at radius 2 is 1.54 bits per heavy atom. The van der Waals surface area contributed by atoms with Crippen molar-refractivity contribution in [3.63, 3.8) is 0 Å². The molecule has 1 rings (SSSR count). The van der Waals surface area contributed by atoms with E-state index < -0.39 is 11.9 Å². The number of hydrogen-bond donors (Lipinski definition) is 3. The van der Waals surface area contributed by atoms with Gasteiger partial charge in [-0.3, -0.25) is 0 Å². The van der Waals surface area contributed by atoms with Crippen LogP contribution >= 0.6 is 0 Å². The van der Waals surface area contributed by atoms with Crippen LogP contribution in [0.5, 0.6) is 0 Å². The molecular formula is C19H26O5. The van der Waals surface area contributed by atoms with Crippen molar-refractivity contribution in [1.29, 1.82) is 0 Å². The summed E-state index contributed by atoms with van der Waals surface area (Å²) in [5, 5.41) is 24.6. The molecule has 0 radical (unpaired) electrons. The Hall–Kier alpha value is -2.66. The van der Waals surface area contributed by atoms with Crippen LogP contribution in [0.2, 0.25) is 0 Å². The van der Waals surface area contributed by atoms with Crippen molar-refractivity contribution in [3.05, 3.63) is 65.8 Å². The Bertz CT molecular complexity index is 556. The van der Waals surface area contributed by atoms with E-state index in [9.17, 15) is 9.59 Å². The SMILES string of the molecule is C=Cc1ccccc1.CC(=CCCO)C(=O)O.CC=C(C)C(=O)O. The molecule has 24 heavy (non-hydrogen) atoms. The highest BCUT2D eigenvalue weighted by Gasteiger charge is 1.96. The molecular weight excluding hydrogens is 308 g/mol. The highest BCUT2D eigenvalue weighted by molar-refractivity contribution is 5.86. The van der Waals surface area contributed by atoms with Crippen LogP contribution in [-0.4, -0.2) is 33.9 Å². The maximum Gasteiger partial charge on any atom is 0.330 e. The number of rotatable bonds is 5. The van der Waals surface area contributed by atoms with E-state index in [4.69, 9.17) is 15.3 Å². The minimum Gasteiger partial charge on any atom is -0.478 e. The second kappa shape index (κ2) is 15.2. The summed E-state index contributed by atoms with van der Waals surface area (Å²) in [5.41, 5.74) is 1.84. The zero-order valence-electron chi connectivity index (χ0n) is 14.4. The van der Waals surface area contributed by atoms with Crippen LogP contribution in [0.4, 0.5) is 0 Å². The molecule has 0 saturated heterocycles. The summed E-state index contributed by atoms with van der Waals surface area (Å²) >= 11 is 0. The number of carboxylic acid groups (broad SMARTS) is 2. The third-order valence-electron chi connectivity index (χ3n) is 2.72. The normalized spacial score (nSPS) is 10.5. The van der Waals surface area contributed by atoms with Gasteiger partial charge in [0.15, 0.2) is 0 Å². The molecule has 0 saturated carbocycles. The molecule has 0 amide bonds. The molecule has 1 aromatic rings. The van der Waals surface area contributed by atoms with Gasteiger partial charge in [-0.05, 0) is 32.8 Å². The fraction of sp³-hybridized carbons (Fsp3) is 0.263. The van der Waals surface area contributed by atoms with Gasteiger partial charge >= 0.3 is 11.9 Å². The third kappa shape index (κ3) is 14.3. The van der Waals surface area contributed by atoms with E-state index in [-0.39, 0.29) is 12.2 Å². The van der Waals surface area contributed by atoms with Crippen LogP contribution in [0.1, 0.15) is 32.8 Å². The van der Waals surface area contributed by atoms with Gasteiger partial charge in [-0.25, -0.2) is 9.59 Å².